The highest BCUT2D eigenvalue weighted by atomic mass is 32.2. The van der Waals surface area contributed by atoms with Crippen LogP contribution in [-0.2, 0) is 4.74 Å². The van der Waals surface area contributed by atoms with Crippen molar-refractivity contribution in [1.82, 2.24) is 15.2 Å². The third-order valence-electron chi connectivity index (χ3n) is 4.46. The van der Waals surface area contributed by atoms with E-state index in [4.69, 9.17) is 9.73 Å². The van der Waals surface area contributed by atoms with E-state index in [-0.39, 0.29) is 0 Å². The molecule has 0 radical (unpaired) electrons. The van der Waals surface area contributed by atoms with Crippen molar-refractivity contribution < 1.29 is 4.74 Å². The van der Waals surface area contributed by atoms with Crippen LogP contribution >= 0.6 is 23.1 Å². The highest BCUT2D eigenvalue weighted by Crippen LogP contribution is 2.38. The van der Waals surface area contributed by atoms with Gasteiger partial charge in [-0.1, -0.05) is 11.8 Å². The van der Waals surface area contributed by atoms with E-state index in [1.807, 2.05) is 23.3 Å². The summed E-state index contributed by atoms with van der Waals surface area (Å²) in [5.41, 5.74) is 0.386. The number of nitrogens with one attached hydrogen (secondary N) is 1. The molecule has 2 aliphatic heterocycles. The third-order valence-corrected chi connectivity index (χ3v) is 6.51. The summed E-state index contributed by atoms with van der Waals surface area (Å²) in [6.07, 6.45) is 5.39. The summed E-state index contributed by atoms with van der Waals surface area (Å²) in [4.78, 5) is 11.5. The highest BCUT2D eigenvalue weighted by Gasteiger charge is 2.42. The van der Waals surface area contributed by atoms with Crippen LogP contribution in [0.4, 0.5) is 0 Å². The quantitative estimate of drug-likeness (QED) is 0.368. The number of nitrogens with zero attached hydrogens (tertiary/aromatic N) is 3. The maximum absolute atomic E-state index is 5.62. The summed E-state index contributed by atoms with van der Waals surface area (Å²) >= 11 is 3.54. The lowest BCUT2D eigenvalue weighted by Crippen LogP contribution is -2.41. The highest BCUT2D eigenvalue weighted by molar-refractivity contribution is 8.00. The fraction of sp³-hybridized carbons (Fsp3) is 0.750. The zero-order chi connectivity index (χ0) is 16.0. The molecule has 0 aromatic carbocycles. The normalized spacial score (nSPS) is 24.7. The second-order valence-corrected chi connectivity index (χ2v) is 8.45. The van der Waals surface area contributed by atoms with Crippen LogP contribution in [0, 0.1) is 5.41 Å². The zero-order valence-corrected chi connectivity index (χ0v) is 15.4. The molecule has 3 heterocycles. The molecule has 1 N–H and O–H groups in total. The van der Waals surface area contributed by atoms with Gasteiger partial charge in [-0.3, -0.25) is 4.99 Å². The van der Waals surface area contributed by atoms with Crippen molar-refractivity contribution in [3.63, 3.8) is 0 Å². The zero-order valence-electron chi connectivity index (χ0n) is 13.8. The molecule has 0 aliphatic carbocycles. The molecule has 7 heteroatoms. The van der Waals surface area contributed by atoms with Gasteiger partial charge in [-0.05, 0) is 26.2 Å². The molecule has 3 rings (SSSR count). The molecule has 1 aromatic heterocycles. The summed E-state index contributed by atoms with van der Waals surface area (Å²) in [6, 6.07) is 0. The molecular weight excluding hydrogens is 328 g/mol. The Balaban J connectivity index is 1.46. The van der Waals surface area contributed by atoms with Crippen LogP contribution in [0.3, 0.4) is 0 Å². The number of likely N-dealkylation sites (tertiary alicyclic amines) is 1. The average Bonchev–Trinajstić information content (AvgIpc) is 3.30. The van der Waals surface area contributed by atoms with Gasteiger partial charge in [0.25, 0.3) is 0 Å². The Bertz CT molecular complexity index is 500. The lowest BCUT2D eigenvalue weighted by atomic mass is 9.87. The molecular formula is C16H26N4OS2. The summed E-state index contributed by atoms with van der Waals surface area (Å²) in [5, 5.41) is 5.48. The molecule has 1 atom stereocenters. The van der Waals surface area contributed by atoms with Crippen molar-refractivity contribution in [3.05, 3.63) is 11.6 Å². The van der Waals surface area contributed by atoms with Gasteiger partial charge in [0.1, 0.15) is 4.34 Å². The molecule has 23 heavy (non-hydrogen) atoms. The number of rotatable bonds is 6. The lowest BCUT2D eigenvalue weighted by Gasteiger charge is -2.24. The Labute approximate surface area is 146 Å². The van der Waals surface area contributed by atoms with Gasteiger partial charge in [0.05, 0.1) is 6.61 Å². The number of aliphatic imine (C=N–C) groups is 1. The Morgan fingerprint density at radius 1 is 1.57 bits per heavy atom. The van der Waals surface area contributed by atoms with Crippen LogP contribution in [0.25, 0.3) is 0 Å². The molecule has 0 bridgehead atoms. The fourth-order valence-corrected chi connectivity index (χ4v) is 4.84. The van der Waals surface area contributed by atoms with Crippen molar-refractivity contribution in [2.75, 3.05) is 45.1 Å². The topological polar surface area (TPSA) is 49.8 Å². The van der Waals surface area contributed by atoms with Crippen LogP contribution < -0.4 is 5.32 Å². The van der Waals surface area contributed by atoms with Gasteiger partial charge >= 0.3 is 0 Å². The third kappa shape index (κ3) is 4.61. The van der Waals surface area contributed by atoms with E-state index < -0.39 is 0 Å². The van der Waals surface area contributed by atoms with E-state index in [1.54, 1.807) is 11.3 Å². The van der Waals surface area contributed by atoms with Crippen molar-refractivity contribution in [3.8, 4) is 0 Å². The maximum Gasteiger partial charge on any atom is 0.193 e. The van der Waals surface area contributed by atoms with Gasteiger partial charge in [0.15, 0.2) is 5.96 Å². The maximum atomic E-state index is 5.62. The van der Waals surface area contributed by atoms with Crippen LogP contribution in [0.15, 0.2) is 20.9 Å². The molecule has 128 valence electrons. The number of thioether (sulfide) groups is 1. The van der Waals surface area contributed by atoms with Gasteiger partial charge in [0.2, 0.25) is 0 Å². The Kier molecular flexibility index (Phi) is 6.19. The first-order valence-corrected chi connectivity index (χ1v) is 10.3. The second kappa shape index (κ2) is 8.35. The molecule has 2 fully saturated rings. The Morgan fingerprint density at radius 2 is 2.52 bits per heavy atom. The first-order valence-electron chi connectivity index (χ1n) is 8.45. The number of thiazole rings is 1. The Hall–Kier alpha value is -0.790. The molecule has 1 aromatic rings. The number of aromatic nitrogens is 1. The Morgan fingerprint density at radius 3 is 3.26 bits per heavy atom. The standard InChI is InChI=1S/C16H26N4OS2/c1-2-17-14(18-6-3-10-22-15-19-7-11-23-15)20-8-4-16(12-20)5-9-21-13-16/h7,11H,2-6,8-10,12-13H2,1H3,(H,17,18). The average molecular weight is 355 g/mol. The van der Waals surface area contributed by atoms with Crippen molar-refractivity contribution in [2.24, 2.45) is 10.4 Å². The van der Waals surface area contributed by atoms with E-state index in [2.05, 4.69) is 22.1 Å². The van der Waals surface area contributed by atoms with Gasteiger partial charge in [-0.2, -0.15) is 0 Å². The van der Waals surface area contributed by atoms with E-state index in [0.717, 1.165) is 61.9 Å². The first-order chi connectivity index (χ1) is 11.3. The summed E-state index contributed by atoms with van der Waals surface area (Å²) in [7, 11) is 0. The van der Waals surface area contributed by atoms with Gasteiger partial charge in [-0.25, -0.2) is 4.98 Å². The van der Waals surface area contributed by atoms with Crippen LogP contribution in [0.2, 0.25) is 0 Å². The van der Waals surface area contributed by atoms with Crippen molar-refractivity contribution in [1.29, 1.82) is 0 Å². The van der Waals surface area contributed by atoms with Crippen LogP contribution in [0.5, 0.6) is 0 Å². The molecule has 1 unspecified atom stereocenters. The summed E-state index contributed by atoms with van der Waals surface area (Å²) < 4.78 is 6.78. The summed E-state index contributed by atoms with van der Waals surface area (Å²) in [5.74, 6) is 2.16. The van der Waals surface area contributed by atoms with E-state index in [1.165, 1.54) is 12.8 Å². The minimum atomic E-state index is 0.386. The minimum Gasteiger partial charge on any atom is -0.381 e. The summed E-state index contributed by atoms with van der Waals surface area (Å²) in [6.45, 7) is 7.98. The monoisotopic (exact) mass is 354 g/mol. The van der Waals surface area contributed by atoms with Gasteiger partial charge < -0.3 is 15.0 Å². The van der Waals surface area contributed by atoms with E-state index in [0.29, 0.717) is 5.41 Å². The predicted molar refractivity (Wildman–Crippen MR) is 97.5 cm³/mol. The van der Waals surface area contributed by atoms with Crippen LogP contribution in [-0.4, -0.2) is 61.0 Å². The number of guanidine groups is 1. The number of hydrogen-bond acceptors (Lipinski definition) is 5. The van der Waals surface area contributed by atoms with Crippen LogP contribution in [0.1, 0.15) is 26.2 Å². The smallest absolute Gasteiger partial charge is 0.193 e. The number of ether oxygens (including phenoxy) is 1. The van der Waals surface area contributed by atoms with Crippen molar-refractivity contribution in [2.45, 2.75) is 30.5 Å². The molecule has 1 spiro atoms. The van der Waals surface area contributed by atoms with Gasteiger partial charge in [-0.15, -0.1) is 11.3 Å². The van der Waals surface area contributed by atoms with Gasteiger partial charge in [0, 0.05) is 55.5 Å². The van der Waals surface area contributed by atoms with E-state index >= 15 is 0 Å². The molecule has 2 saturated heterocycles. The molecule has 2 aliphatic rings. The number of hydrogen-bond donors (Lipinski definition) is 1. The largest absolute Gasteiger partial charge is 0.381 e. The van der Waals surface area contributed by atoms with Crippen molar-refractivity contribution >= 4 is 29.1 Å². The lowest BCUT2D eigenvalue weighted by molar-refractivity contribution is 0.156. The fourth-order valence-electron chi connectivity index (χ4n) is 3.20. The molecule has 0 saturated carbocycles. The first kappa shape index (κ1) is 17.0. The second-order valence-electron chi connectivity index (χ2n) is 6.21. The van der Waals surface area contributed by atoms with E-state index in [9.17, 15) is 0 Å². The SMILES string of the molecule is CCNC(=NCCCSc1nccs1)N1CCC2(CCOC2)C1. The molecule has 5 nitrogen and oxygen atoms in total. The molecule has 0 amide bonds. The predicted octanol–water partition coefficient (Wildman–Crippen LogP) is 2.70. The minimum absolute atomic E-state index is 0.386.